The van der Waals surface area contributed by atoms with Gasteiger partial charge in [-0.15, -0.1) is 5.10 Å². The molecule has 0 aliphatic rings. The van der Waals surface area contributed by atoms with Crippen molar-refractivity contribution >= 4 is 17.5 Å². The van der Waals surface area contributed by atoms with E-state index in [2.05, 4.69) is 22.2 Å². The first-order valence-electron chi connectivity index (χ1n) is 9.56. The van der Waals surface area contributed by atoms with Crippen molar-refractivity contribution in [3.05, 3.63) is 96.6 Å². The molecule has 5 rings (SSSR count). The Hall–Kier alpha value is -3.64. The van der Waals surface area contributed by atoms with Crippen LogP contribution in [-0.4, -0.2) is 24.7 Å². The second kappa shape index (κ2) is 8.00. The lowest BCUT2D eigenvalue weighted by molar-refractivity contribution is 0.477. The number of fused-ring (bicyclic) bond motifs is 1. The fourth-order valence-corrected chi connectivity index (χ4v) is 4.05. The van der Waals surface area contributed by atoms with E-state index in [9.17, 15) is 5.11 Å². The van der Waals surface area contributed by atoms with Gasteiger partial charge in [0.05, 0.1) is 11.4 Å². The van der Waals surface area contributed by atoms with Crippen LogP contribution in [0.3, 0.4) is 0 Å². The molecule has 1 N–H and O–H groups in total. The monoisotopic (exact) mass is 410 g/mol. The zero-order valence-electron chi connectivity index (χ0n) is 16.0. The predicted octanol–water partition coefficient (Wildman–Crippen LogP) is 5.46. The maximum Gasteiger partial charge on any atom is 0.254 e. The zero-order chi connectivity index (χ0) is 20.3. The van der Waals surface area contributed by atoms with Gasteiger partial charge in [-0.1, -0.05) is 84.6 Å². The average molecular weight is 411 g/mol. The van der Waals surface area contributed by atoms with E-state index in [-0.39, 0.29) is 5.75 Å². The highest BCUT2D eigenvalue weighted by molar-refractivity contribution is 7.98. The summed E-state index contributed by atoms with van der Waals surface area (Å²) < 4.78 is 1.70. The minimum absolute atomic E-state index is 0.193. The molecule has 0 fully saturated rings. The molecule has 0 amide bonds. The maximum atomic E-state index is 10.5. The highest BCUT2D eigenvalue weighted by Crippen LogP contribution is 2.32. The Morgan fingerprint density at radius 2 is 1.50 bits per heavy atom. The summed E-state index contributed by atoms with van der Waals surface area (Å²) in [5.41, 5.74) is 4.41. The molecule has 6 heteroatoms. The van der Waals surface area contributed by atoms with Crippen LogP contribution in [0.5, 0.6) is 5.75 Å². The van der Waals surface area contributed by atoms with Crippen molar-refractivity contribution in [1.29, 1.82) is 0 Å². The summed E-state index contributed by atoms with van der Waals surface area (Å²) in [5.74, 6) is 1.47. The first kappa shape index (κ1) is 18.4. The number of thioether (sulfide) groups is 1. The van der Waals surface area contributed by atoms with Crippen LogP contribution in [-0.2, 0) is 5.75 Å². The number of benzene rings is 3. The zero-order valence-corrected chi connectivity index (χ0v) is 16.8. The molecular formula is C24H18N4OS. The van der Waals surface area contributed by atoms with E-state index < -0.39 is 0 Å². The van der Waals surface area contributed by atoms with Crippen LogP contribution in [0.1, 0.15) is 5.56 Å². The Morgan fingerprint density at radius 3 is 2.27 bits per heavy atom. The number of hydrogen-bond acceptors (Lipinski definition) is 5. The topological polar surface area (TPSA) is 63.3 Å². The van der Waals surface area contributed by atoms with Gasteiger partial charge in [-0.2, -0.15) is 9.50 Å². The summed E-state index contributed by atoms with van der Waals surface area (Å²) in [6.07, 6.45) is 0. The highest BCUT2D eigenvalue weighted by atomic mass is 32.2. The molecule has 2 aromatic heterocycles. The predicted molar refractivity (Wildman–Crippen MR) is 119 cm³/mol. The third-order valence-corrected chi connectivity index (χ3v) is 5.66. The fraction of sp³-hybridized carbons (Fsp3) is 0.0417. The van der Waals surface area contributed by atoms with Gasteiger partial charge in [0.15, 0.2) is 0 Å². The molecule has 0 radical (unpaired) electrons. The molecule has 5 nitrogen and oxygen atoms in total. The van der Waals surface area contributed by atoms with Crippen LogP contribution in [0.15, 0.2) is 96.2 Å². The quantitative estimate of drug-likeness (QED) is 0.390. The molecule has 0 aliphatic heterocycles. The summed E-state index contributed by atoms with van der Waals surface area (Å²) in [5, 5.41) is 15.8. The van der Waals surface area contributed by atoms with Crippen molar-refractivity contribution in [2.45, 2.75) is 10.9 Å². The van der Waals surface area contributed by atoms with E-state index >= 15 is 0 Å². The minimum Gasteiger partial charge on any atom is -0.507 e. The van der Waals surface area contributed by atoms with Gasteiger partial charge in [-0.05, 0) is 23.8 Å². The maximum absolute atomic E-state index is 10.5. The second-order valence-corrected chi connectivity index (χ2v) is 7.73. The fourth-order valence-electron chi connectivity index (χ4n) is 3.27. The molecule has 5 aromatic rings. The third-order valence-electron chi connectivity index (χ3n) is 4.75. The summed E-state index contributed by atoms with van der Waals surface area (Å²) in [6, 6.07) is 29.4. The summed E-state index contributed by atoms with van der Waals surface area (Å²) in [6.45, 7) is 0. The largest absolute Gasteiger partial charge is 0.507 e. The van der Waals surface area contributed by atoms with Crippen LogP contribution < -0.4 is 0 Å². The van der Waals surface area contributed by atoms with Crippen LogP contribution >= 0.6 is 11.8 Å². The van der Waals surface area contributed by atoms with Gasteiger partial charge in [0.2, 0.25) is 5.16 Å². The van der Waals surface area contributed by atoms with Crippen LogP contribution in [0.2, 0.25) is 0 Å². The average Bonchev–Trinajstić information content (AvgIpc) is 3.22. The number of aromatic hydroxyl groups is 1. The highest BCUT2D eigenvalue weighted by Gasteiger charge is 2.16. The number of para-hydroxylation sites is 1. The number of aromatic nitrogens is 4. The van der Waals surface area contributed by atoms with Crippen molar-refractivity contribution in [1.82, 2.24) is 19.6 Å². The van der Waals surface area contributed by atoms with Crippen LogP contribution in [0, 0.1) is 0 Å². The Labute approximate surface area is 178 Å². The van der Waals surface area contributed by atoms with Gasteiger partial charge in [0.1, 0.15) is 5.75 Å². The van der Waals surface area contributed by atoms with E-state index in [1.165, 1.54) is 5.56 Å². The Morgan fingerprint density at radius 1 is 0.800 bits per heavy atom. The first-order valence-corrected chi connectivity index (χ1v) is 10.5. The van der Waals surface area contributed by atoms with E-state index in [1.54, 1.807) is 28.4 Å². The molecule has 2 heterocycles. The van der Waals surface area contributed by atoms with Crippen LogP contribution in [0.4, 0.5) is 0 Å². The molecule has 0 unspecified atom stereocenters. The molecule has 0 saturated carbocycles. The van der Waals surface area contributed by atoms with Crippen molar-refractivity contribution in [2.24, 2.45) is 0 Å². The van der Waals surface area contributed by atoms with E-state index in [4.69, 9.17) is 4.98 Å². The van der Waals surface area contributed by atoms with Gasteiger partial charge in [-0.25, -0.2) is 4.98 Å². The molecule has 0 atom stereocenters. The number of phenolic OH excluding ortho intramolecular Hbond substituents is 1. The summed E-state index contributed by atoms with van der Waals surface area (Å²) in [4.78, 5) is 9.38. The molecular weight excluding hydrogens is 392 g/mol. The Kier molecular flexibility index (Phi) is 4.91. The molecule has 0 spiro atoms. The molecule has 3 aromatic carbocycles. The van der Waals surface area contributed by atoms with Gasteiger partial charge < -0.3 is 5.11 Å². The molecule has 0 aliphatic carbocycles. The normalized spacial score (nSPS) is 11.1. The summed E-state index contributed by atoms with van der Waals surface area (Å²) in [7, 11) is 0. The van der Waals surface area contributed by atoms with E-state index in [0.717, 1.165) is 22.7 Å². The molecule has 30 heavy (non-hydrogen) atoms. The van der Waals surface area contributed by atoms with Gasteiger partial charge in [-0.3, -0.25) is 0 Å². The van der Waals surface area contributed by atoms with E-state index in [1.807, 2.05) is 66.7 Å². The van der Waals surface area contributed by atoms with Crippen molar-refractivity contribution in [3.63, 3.8) is 0 Å². The minimum atomic E-state index is 0.193. The number of rotatable bonds is 5. The lowest BCUT2D eigenvalue weighted by Crippen LogP contribution is -1.99. The third kappa shape index (κ3) is 3.65. The number of nitrogens with zero attached hydrogens (tertiary/aromatic N) is 4. The standard InChI is InChI=1S/C24H18N4OS/c29-22-14-8-7-13-19(22)21-15-20(18-11-5-2-6-12-18)25-23-26-24(27-28(21)23)30-16-17-9-3-1-4-10-17/h1-15,29H,16H2. The van der Waals surface area contributed by atoms with Gasteiger partial charge in [0.25, 0.3) is 5.78 Å². The lowest BCUT2D eigenvalue weighted by atomic mass is 10.1. The van der Waals surface area contributed by atoms with Gasteiger partial charge >= 0.3 is 0 Å². The summed E-state index contributed by atoms with van der Waals surface area (Å²) >= 11 is 1.56. The van der Waals surface area contributed by atoms with E-state index in [0.29, 0.717) is 16.5 Å². The first-order chi connectivity index (χ1) is 14.8. The number of hydrogen-bond donors (Lipinski definition) is 1. The van der Waals surface area contributed by atoms with Crippen molar-refractivity contribution in [3.8, 4) is 28.3 Å². The number of phenols is 1. The smallest absolute Gasteiger partial charge is 0.254 e. The van der Waals surface area contributed by atoms with Crippen molar-refractivity contribution < 1.29 is 5.11 Å². The SMILES string of the molecule is Oc1ccccc1-c1cc(-c2ccccc2)nc2nc(SCc3ccccc3)nn12. The molecule has 146 valence electrons. The Balaban J connectivity index is 1.62. The van der Waals surface area contributed by atoms with Gasteiger partial charge in [0, 0.05) is 16.9 Å². The molecule has 0 saturated heterocycles. The second-order valence-electron chi connectivity index (χ2n) is 6.79. The van der Waals surface area contributed by atoms with Crippen molar-refractivity contribution in [2.75, 3.05) is 0 Å². The van der Waals surface area contributed by atoms with Crippen LogP contribution in [0.25, 0.3) is 28.3 Å². The lowest BCUT2D eigenvalue weighted by Gasteiger charge is -2.09. The Bertz CT molecular complexity index is 1300. The molecule has 0 bridgehead atoms.